The molecule has 1 heterocycles. The van der Waals surface area contributed by atoms with Crippen molar-refractivity contribution < 1.29 is 14.7 Å². The van der Waals surface area contributed by atoms with Crippen LogP contribution < -0.4 is 5.32 Å². The minimum atomic E-state index is -0.912. The molecule has 1 amide bonds. The summed E-state index contributed by atoms with van der Waals surface area (Å²) in [7, 11) is 0. The number of amides is 1. The molecule has 0 aliphatic carbocycles. The van der Waals surface area contributed by atoms with Crippen molar-refractivity contribution in [2.45, 2.75) is 26.3 Å². The van der Waals surface area contributed by atoms with Crippen molar-refractivity contribution in [3.8, 4) is 0 Å². The van der Waals surface area contributed by atoms with Crippen LogP contribution in [0.1, 0.15) is 29.3 Å². The van der Waals surface area contributed by atoms with E-state index in [4.69, 9.17) is 5.11 Å². The summed E-state index contributed by atoms with van der Waals surface area (Å²) in [5.74, 6) is -1.12. The zero-order valence-corrected chi connectivity index (χ0v) is 9.43. The van der Waals surface area contributed by atoms with Crippen LogP contribution in [0.4, 0.5) is 0 Å². The maximum atomic E-state index is 11.6. The highest BCUT2D eigenvalue weighted by atomic mass is 32.1. The van der Waals surface area contributed by atoms with Crippen LogP contribution in [0.15, 0.2) is 10.8 Å². The first-order chi connectivity index (χ1) is 7.00. The second kappa shape index (κ2) is 4.93. The summed E-state index contributed by atoms with van der Waals surface area (Å²) in [6.07, 6.45) is -0.0606. The van der Waals surface area contributed by atoms with Crippen molar-refractivity contribution in [2.75, 3.05) is 0 Å². The number of carbonyl (C=O) groups is 2. The molecule has 1 aromatic heterocycles. The van der Waals surface area contributed by atoms with Crippen LogP contribution in [0.2, 0.25) is 0 Å². The van der Waals surface area contributed by atoms with Crippen molar-refractivity contribution in [3.05, 3.63) is 21.9 Å². The molecule has 0 aromatic carbocycles. The molecule has 0 bridgehead atoms. The molecule has 0 saturated carbocycles. The number of hydrogen-bond acceptors (Lipinski definition) is 3. The van der Waals surface area contributed by atoms with Crippen LogP contribution in [-0.2, 0) is 4.79 Å². The molecule has 15 heavy (non-hydrogen) atoms. The highest BCUT2D eigenvalue weighted by Gasteiger charge is 2.14. The highest BCUT2D eigenvalue weighted by Crippen LogP contribution is 2.13. The molecule has 1 atom stereocenters. The van der Waals surface area contributed by atoms with Gasteiger partial charge in [0, 0.05) is 11.4 Å². The number of carboxylic acids is 1. The lowest BCUT2D eigenvalue weighted by Crippen LogP contribution is -2.34. The van der Waals surface area contributed by atoms with Gasteiger partial charge in [0.05, 0.1) is 12.0 Å². The quantitative estimate of drug-likeness (QED) is 0.822. The molecule has 82 valence electrons. The SMILES string of the molecule is Cc1cscc1C(=O)N[C@@H](C)CC(=O)O. The van der Waals surface area contributed by atoms with E-state index < -0.39 is 5.97 Å². The normalized spacial score (nSPS) is 12.1. The lowest BCUT2D eigenvalue weighted by molar-refractivity contribution is -0.137. The topological polar surface area (TPSA) is 66.4 Å². The fraction of sp³-hybridized carbons (Fsp3) is 0.400. The number of aryl methyl sites for hydroxylation is 1. The number of thiophene rings is 1. The van der Waals surface area contributed by atoms with Crippen molar-refractivity contribution in [2.24, 2.45) is 0 Å². The van der Waals surface area contributed by atoms with Gasteiger partial charge < -0.3 is 10.4 Å². The molecule has 0 radical (unpaired) electrons. The predicted molar refractivity (Wildman–Crippen MR) is 58.2 cm³/mol. The molecule has 4 nitrogen and oxygen atoms in total. The van der Waals surface area contributed by atoms with E-state index in [9.17, 15) is 9.59 Å². The van der Waals surface area contributed by atoms with Crippen LogP contribution in [-0.4, -0.2) is 23.0 Å². The van der Waals surface area contributed by atoms with E-state index in [1.165, 1.54) is 11.3 Å². The van der Waals surface area contributed by atoms with Crippen molar-refractivity contribution in [3.63, 3.8) is 0 Å². The van der Waals surface area contributed by atoms with Gasteiger partial charge in [0.2, 0.25) is 0 Å². The van der Waals surface area contributed by atoms with Gasteiger partial charge in [-0.3, -0.25) is 9.59 Å². The van der Waals surface area contributed by atoms with E-state index in [0.717, 1.165) is 5.56 Å². The van der Waals surface area contributed by atoms with Gasteiger partial charge in [-0.05, 0) is 24.8 Å². The molecule has 0 spiro atoms. The van der Waals surface area contributed by atoms with Gasteiger partial charge in [-0.15, -0.1) is 0 Å². The molecule has 0 aliphatic rings. The Bertz CT molecular complexity index is 372. The molecule has 0 fully saturated rings. The van der Waals surface area contributed by atoms with Gasteiger partial charge in [-0.25, -0.2) is 0 Å². The highest BCUT2D eigenvalue weighted by molar-refractivity contribution is 7.08. The van der Waals surface area contributed by atoms with Crippen LogP contribution in [0, 0.1) is 6.92 Å². The molecule has 0 unspecified atom stereocenters. The number of hydrogen-bond donors (Lipinski definition) is 2. The second-order valence-electron chi connectivity index (χ2n) is 3.44. The Morgan fingerprint density at radius 2 is 2.20 bits per heavy atom. The molecule has 5 heteroatoms. The van der Waals surface area contributed by atoms with E-state index in [1.54, 1.807) is 12.3 Å². The minimum Gasteiger partial charge on any atom is -0.481 e. The van der Waals surface area contributed by atoms with Crippen molar-refractivity contribution >= 4 is 23.2 Å². The first-order valence-corrected chi connectivity index (χ1v) is 5.50. The van der Waals surface area contributed by atoms with Gasteiger partial charge in [0.1, 0.15) is 0 Å². The third-order valence-corrected chi connectivity index (χ3v) is 2.82. The fourth-order valence-corrected chi connectivity index (χ4v) is 2.04. The zero-order valence-electron chi connectivity index (χ0n) is 8.61. The molecular weight excluding hydrogens is 214 g/mol. The Morgan fingerprint density at radius 3 is 2.67 bits per heavy atom. The first kappa shape index (κ1) is 11.7. The van der Waals surface area contributed by atoms with Crippen LogP contribution in [0.3, 0.4) is 0 Å². The third-order valence-electron chi connectivity index (χ3n) is 1.96. The Morgan fingerprint density at radius 1 is 1.53 bits per heavy atom. The predicted octanol–water partition coefficient (Wildman–Crippen LogP) is 1.65. The summed E-state index contributed by atoms with van der Waals surface area (Å²) >= 11 is 1.46. The number of rotatable bonds is 4. The Hall–Kier alpha value is -1.36. The number of aliphatic carboxylic acids is 1. The molecule has 2 N–H and O–H groups in total. The lowest BCUT2D eigenvalue weighted by atomic mass is 10.2. The van der Waals surface area contributed by atoms with Gasteiger partial charge in [0.15, 0.2) is 0 Å². The van der Waals surface area contributed by atoms with Crippen LogP contribution in [0.25, 0.3) is 0 Å². The minimum absolute atomic E-state index is 0.0606. The summed E-state index contributed by atoms with van der Waals surface area (Å²) in [4.78, 5) is 22.0. The number of carbonyl (C=O) groups excluding carboxylic acids is 1. The fourth-order valence-electron chi connectivity index (χ4n) is 1.21. The Balaban J connectivity index is 2.56. The van der Waals surface area contributed by atoms with Gasteiger partial charge in [-0.1, -0.05) is 0 Å². The maximum Gasteiger partial charge on any atom is 0.305 e. The summed E-state index contributed by atoms with van der Waals surface area (Å²) in [5.41, 5.74) is 1.54. The first-order valence-electron chi connectivity index (χ1n) is 4.56. The zero-order chi connectivity index (χ0) is 11.4. The van der Waals surface area contributed by atoms with E-state index in [-0.39, 0.29) is 18.4 Å². The van der Waals surface area contributed by atoms with Crippen molar-refractivity contribution in [1.82, 2.24) is 5.32 Å². The average molecular weight is 227 g/mol. The largest absolute Gasteiger partial charge is 0.481 e. The standard InChI is InChI=1S/C10H13NO3S/c1-6-4-15-5-8(6)10(14)11-7(2)3-9(12)13/h4-5,7H,3H2,1-2H3,(H,11,14)(H,12,13)/t7-/m0/s1. The van der Waals surface area contributed by atoms with Gasteiger partial charge in [0.25, 0.3) is 5.91 Å². The lowest BCUT2D eigenvalue weighted by Gasteiger charge is -2.10. The van der Waals surface area contributed by atoms with E-state index >= 15 is 0 Å². The average Bonchev–Trinajstić information content (AvgIpc) is 2.49. The van der Waals surface area contributed by atoms with Gasteiger partial charge in [-0.2, -0.15) is 11.3 Å². The summed E-state index contributed by atoms with van der Waals surface area (Å²) in [6.45, 7) is 3.53. The smallest absolute Gasteiger partial charge is 0.305 e. The number of nitrogens with one attached hydrogen (secondary N) is 1. The third kappa shape index (κ3) is 3.36. The second-order valence-corrected chi connectivity index (χ2v) is 4.18. The molecule has 0 saturated heterocycles. The summed E-state index contributed by atoms with van der Waals surface area (Å²) in [6, 6.07) is -0.353. The maximum absolute atomic E-state index is 11.6. The van der Waals surface area contributed by atoms with E-state index in [0.29, 0.717) is 5.56 Å². The molecular formula is C10H13NO3S. The Labute approximate surface area is 91.9 Å². The van der Waals surface area contributed by atoms with Crippen molar-refractivity contribution in [1.29, 1.82) is 0 Å². The monoisotopic (exact) mass is 227 g/mol. The van der Waals surface area contributed by atoms with E-state index in [1.807, 2.05) is 12.3 Å². The summed E-state index contributed by atoms with van der Waals surface area (Å²) < 4.78 is 0. The molecule has 1 rings (SSSR count). The Kier molecular flexibility index (Phi) is 3.85. The van der Waals surface area contributed by atoms with Gasteiger partial charge >= 0.3 is 5.97 Å². The van der Waals surface area contributed by atoms with E-state index in [2.05, 4.69) is 5.32 Å². The summed E-state index contributed by atoms with van der Waals surface area (Å²) in [5, 5.41) is 14.8. The molecule has 0 aliphatic heterocycles. The van der Waals surface area contributed by atoms with Crippen LogP contribution in [0.5, 0.6) is 0 Å². The van der Waals surface area contributed by atoms with Crippen LogP contribution >= 0.6 is 11.3 Å². The molecule has 1 aromatic rings. The number of carboxylic acid groups (broad SMARTS) is 1.